The van der Waals surface area contributed by atoms with Gasteiger partial charge in [-0.25, -0.2) is 9.59 Å². The number of hydrogen-bond donors (Lipinski definition) is 1. The van der Waals surface area contributed by atoms with E-state index in [-0.39, 0.29) is 5.92 Å². The summed E-state index contributed by atoms with van der Waals surface area (Å²) in [5.74, 6) is -0.986. The first-order chi connectivity index (χ1) is 8.13. The second-order valence-corrected chi connectivity index (χ2v) is 5.98. The molecule has 0 unspecified atom stereocenters. The van der Waals surface area contributed by atoms with Crippen molar-refractivity contribution in [2.45, 2.75) is 58.6 Å². The second kappa shape index (κ2) is 4.78. The molecule has 1 rings (SSSR count). The Morgan fingerprint density at radius 3 is 2.39 bits per heavy atom. The third-order valence-electron chi connectivity index (χ3n) is 3.60. The first kappa shape index (κ1) is 14.8. The van der Waals surface area contributed by atoms with Gasteiger partial charge >= 0.3 is 12.1 Å². The van der Waals surface area contributed by atoms with E-state index in [1.165, 1.54) is 4.90 Å². The molecule has 0 aromatic carbocycles. The molecule has 0 aliphatic carbocycles. The number of nitrogens with zero attached hydrogens (tertiary/aromatic N) is 1. The zero-order valence-electron chi connectivity index (χ0n) is 11.8. The zero-order chi connectivity index (χ0) is 14.1. The standard InChI is InChI=1S/C13H23NO4/c1-6-9-7-8-14(13(9,5)10(15)16)11(17)18-12(2,3)4/h9H,6-8H2,1-5H3,(H,15,16)/t9-,13-/m0/s1. The lowest BCUT2D eigenvalue weighted by Crippen LogP contribution is -2.55. The summed E-state index contributed by atoms with van der Waals surface area (Å²) >= 11 is 0. The minimum absolute atomic E-state index is 0.0254. The van der Waals surface area contributed by atoms with E-state index in [2.05, 4.69) is 0 Å². The summed E-state index contributed by atoms with van der Waals surface area (Å²) in [6.07, 6.45) is 0.907. The van der Waals surface area contributed by atoms with Crippen LogP contribution in [0.3, 0.4) is 0 Å². The Balaban J connectivity index is 2.95. The SMILES string of the molecule is CC[C@H]1CCN(C(=O)OC(C)(C)C)[C@]1(C)C(=O)O. The molecule has 0 aromatic rings. The summed E-state index contributed by atoms with van der Waals surface area (Å²) in [6.45, 7) is 9.32. The van der Waals surface area contributed by atoms with Gasteiger partial charge in [0.25, 0.3) is 0 Å². The van der Waals surface area contributed by atoms with Crippen molar-refractivity contribution in [1.29, 1.82) is 0 Å². The van der Waals surface area contributed by atoms with Crippen LogP contribution < -0.4 is 0 Å². The molecule has 1 heterocycles. The van der Waals surface area contributed by atoms with Gasteiger partial charge in [-0.05, 0) is 40.0 Å². The van der Waals surface area contributed by atoms with E-state index in [0.717, 1.165) is 6.42 Å². The highest BCUT2D eigenvalue weighted by molar-refractivity contribution is 5.85. The first-order valence-corrected chi connectivity index (χ1v) is 6.37. The van der Waals surface area contributed by atoms with Crippen LogP contribution in [0.15, 0.2) is 0 Å². The van der Waals surface area contributed by atoms with Crippen molar-refractivity contribution in [2.75, 3.05) is 6.54 Å². The molecule has 2 atom stereocenters. The quantitative estimate of drug-likeness (QED) is 0.825. The molecule has 104 valence electrons. The Morgan fingerprint density at radius 1 is 1.44 bits per heavy atom. The van der Waals surface area contributed by atoms with Crippen LogP contribution in [0.25, 0.3) is 0 Å². The lowest BCUT2D eigenvalue weighted by molar-refractivity contribution is -0.150. The lowest BCUT2D eigenvalue weighted by atomic mass is 9.85. The van der Waals surface area contributed by atoms with Crippen LogP contribution in [-0.2, 0) is 9.53 Å². The number of hydrogen-bond acceptors (Lipinski definition) is 3. The Kier molecular flexibility index (Phi) is 3.93. The van der Waals surface area contributed by atoms with Crippen molar-refractivity contribution in [3.05, 3.63) is 0 Å². The minimum atomic E-state index is -1.16. The van der Waals surface area contributed by atoms with Crippen LogP contribution in [0.1, 0.15) is 47.5 Å². The topological polar surface area (TPSA) is 66.8 Å². The smallest absolute Gasteiger partial charge is 0.411 e. The number of ether oxygens (including phenoxy) is 1. The highest BCUT2D eigenvalue weighted by Crippen LogP contribution is 2.38. The highest BCUT2D eigenvalue weighted by atomic mass is 16.6. The van der Waals surface area contributed by atoms with E-state index in [1.807, 2.05) is 6.92 Å². The number of rotatable bonds is 2. The fourth-order valence-corrected chi connectivity index (χ4v) is 2.51. The van der Waals surface area contributed by atoms with Gasteiger partial charge in [0.1, 0.15) is 11.1 Å². The molecule has 1 aliphatic rings. The van der Waals surface area contributed by atoms with Gasteiger partial charge < -0.3 is 9.84 Å². The van der Waals surface area contributed by atoms with Gasteiger partial charge in [-0.1, -0.05) is 13.3 Å². The average Bonchev–Trinajstić information content (AvgIpc) is 2.54. The summed E-state index contributed by atoms with van der Waals surface area (Å²) in [4.78, 5) is 25.0. The van der Waals surface area contributed by atoms with E-state index >= 15 is 0 Å². The Labute approximate surface area is 108 Å². The first-order valence-electron chi connectivity index (χ1n) is 6.37. The molecular formula is C13H23NO4. The summed E-state index contributed by atoms with van der Waals surface area (Å²) in [5.41, 5.74) is -1.77. The van der Waals surface area contributed by atoms with Crippen molar-refractivity contribution < 1.29 is 19.4 Å². The van der Waals surface area contributed by atoms with Crippen molar-refractivity contribution >= 4 is 12.1 Å². The van der Waals surface area contributed by atoms with Gasteiger partial charge in [-0.15, -0.1) is 0 Å². The molecule has 1 N–H and O–H groups in total. The van der Waals surface area contributed by atoms with Gasteiger partial charge in [0, 0.05) is 6.54 Å². The van der Waals surface area contributed by atoms with E-state index in [9.17, 15) is 14.7 Å². The number of carbonyl (C=O) groups is 2. The number of carboxylic acids is 1. The minimum Gasteiger partial charge on any atom is -0.479 e. The molecule has 0 aromatic heterocycles. The highest BCUT2D eigenvalue weighted by Gasteiger charge is 2.53. The molecule has 5 heteroatoms. The molecule has 0 radical (unpaired) electrons. The Bertz CT molecular complexity index is 347. The van der Waals surface area contributed by atoms with Gasteiger partial charge in [0.15, 0.2) is 0 Å². The largest absolute Gasteiger partial charge is 0.479 e. The molecule has 1 saturated heterocycles. The summed E-state index contributed by atoms with van der Waals surface area (Å²) in [5, 5.41) is 9.44. The zero-order valence-corrected chi connectivity index (χ0v) is 11.8. The van der Waals surface area contributed by atoms with Crippen LogP contribution >= 0.6 is 0 Å². The number of amides is 1. The molecule has 18 heavy (non-hydrogen) atoms. The van der Waals surface area contributed by atoms with Crippen LogP contribution in [0, 0.1) is 5.92 Å². The molecule has 1 fully saturated rings. The predicted octanol–water partition coefficient (Wildman–Crippen LogP) is 2.50. The molecule has 0 spiro atoms. The lowest BCUT2D eigenvalue weighted by Gasteiger charge is -2.36. The molecule has 5 nitrogen and oxygen atoms in total. The molecule has 0 bridgehead atoms. The maximum atomic E-state index is 12.1. The van der Waals surface area contributed by atoms with E-state index in [4.69, 9.17) is 4.74 Å². The van der Waals surface area contributed by atoms with E-state index in [1.54, 1.807) is 27.7 Å². The maximum Gasteiger partial charge on any atom is 0.411 e. The fraction of sp³-hybridized carbons (Fsp3) is 0.846. The van der Waals surface area contributed by atoms with E-state index in [0.29, 0.717) is 13.0 Å². The Morgan fingerprint density at radius 2 is 2.00 bits per heavy atom. The third kappa shape index (κ3) is 2.60. The number of carbonyl (C=O) groups excluding carboxylic acids is 1. The summed E-state index contributed by atoms with van der Waals surface area (Å²) in [6, 6.07) is 0. The predicted molar refractivity (Wildman–Crippen MR) is 67.4 cm³/mol. The maximum absolute atomic E-state index is 12.1. The van der Waals surface area contributed by atoms with Crippen LogP contribution in [0.4, 0.5) is 4.79 Å². The fourth-order valence-electron chi connectivity index (χ4n) is 2.51. The Hall–Kier alpha value is -1.26. The van der Waals surface area contributed by atoms with Gasteiger partial charge in [0.05, 0.1) is 0 Å². The van der Waals surface area contributed by atoms with Gasteiger partial charge in [-0.3, -0.25) is 4.90 Å². The van der Waals surface area contributed by atoms with Crippen molar-refractivity contribution in [2.24, 2.45) is 5.92 Å². The van der Waals surface area contributed by atoms with Crippen molar-refractivity contribution in [3.8, 4) is 0 Å². The van der Waals surface area contributed by atoms with Crippen molar-refractivity contribution in [3.63, 3.8) is 0 Å². The monoisotopic (exact) mass is 257 g/mol. The summed E-state index contributed by atoms with van der Waals surface area (Å²) < 4.78 is 5.28. The summed E-state index contributed by atoms with van der Waals surface area (Å²) in [7, 11) is 0. The van der Waals surface area contributed by atoms with Crippen molar-refractivity contribution in [1.82, 2.24) is 4.90 Å². The molecule has 1 amide bonds. The van der Waals surface area contributed by atoms with Crippen LogP contribution in [-0.4, -0.2) is 39.8 Å². The molecule has 1 aliphatic heterocycles. The second-order valence-electron chi connectivity index (χ2n) is 5.98. The van der Waals surface area contributed by atoms with E-state index < -0.39 is 23.2 Å². The van der Waals surface area contributed by atoms with Gasteiger partial charge in [0.2, 0.25) is 0 Å². The van der Waals surface area contributed by atoms with Crippen LogP contribution in [0.2, 0.25) is 0 Å². The van der Waals surface area contributed by atoms with Crippen LogP contribution in [0.5, 0.6) is 0 Å². The number of aliphatic carboxylic acids is 1. The average molecular weight is 257 g/mol. The number of carboxylic acid groups (broad SMARTS) is 1. The molecule has 0 saturated carbocycles. The third-order valence-corrected chi connectivity index (χ3v) is 3.60. The normalized spacial score (nSPS) is 28.3. The number of likely N-dealkylation sites (tertiary alicyclic amines) is 1. The molecular weight excluding hydrogens is 234 g/mol. The van der Waals surface area contributed by atoms with Gasteiger partial charge in [-0.2, -0.15) is 0 Å².